The summed E-state index contributed by atoms with van der Waals surface area (Å²) in [5, 5.41) is 6.17. The molecule has 1 aromatic carbocycles. The van der Waals surface area contributed by atoms with E-state index in [-0.39, 0.29) is 10.7 Å². The van der Waals surface area contributed by atoms with Gasteiger partial charge < -0.3 is 26.8 Å². The number of primary amides is 1. The summed E-state index contributed by atoms with van der Waals surface area (Å²) in [5.74, 6) is -0.404. The molecule has 8 nitrogen and oxygen atoms in total. The summed E-state index contributed by atoms with van der Waals surface area (Å²) in [4.78, 5) is 27.7. The van der Waals surface area contributed by atoms with Gasteiger partial charge in [-0.3, -0.25) is 9.59 Å². The number of carbonyl (C=O) groups excluding carboxylic acids is 2. The number of thiazole rings is 1. The predicted octanol–water partition coefficient (Wildman–Crippen LogP) is 0.801. The lowest BCUT2D eigenvalue weighted by atomic mass is 10.1. The van der Waals surface area contributed by atoms with E-state index in [9.17, 15) is 9.59 Å². The molecule has 24 heavy (non-hydrogen) atoms. The SMILES string of the molecule is CNc1nc(C(N)=O)c(NC(=O)[C@@H](N)Cc2ccc(OC)cc2)s1. The van der Waals surface area contributed by atoms with Crippen LogP contribution in [0.5, 0.6) is 5.75 Å². The number of carbonyl (C=O) groups is 2. The number of ether oxygens (including phenoxy) is 1. The van der Waals surface area contributed by atoms with Gasteiger partial charge in [0.25, 0.3) is 5.91 Å². The first kappa shape index (κ1) is 17.7. The summed E-state index contributed by atoms with van der Waals surface area (Å²) < 4.78 is 5.08. The van der Waals surface area contributed by atoms with Crippen LogP contribution in [0.15, 0.2) is 24.3 Å². The monoisotopic (exact) mass is 349 g/mol. The molecule has 0 fully saturated rings. The van der Waals surface area contributed by atoms with E-state index in [2.05, 4.69) is 15.6 Å². The van der Waals surface area contributed by atoms with E-state index >= 15 is 0 Å². The molecule has 0 spiro atoms. The number of aromatic nitrogens is 1. The van der Waals surface area contributed by atoms with Crippen LogP contribution in [-0.4, -0.2) is 37.0 Å². The van der Waals surface area contributed by atoms with Crippen LogP contribution in [0.3, 0.4) is 0 Å². The molecule has 1 heterocycles. The smallest absolute Gasteiger partial charge is 0.270 e. The van der Waals surface area contributed by atoms with E-state index in [1.54, 1.807) is 26.3 Å². The second-order valence-electron chi connectivity index (χ2n) is 4.96. The molecule has 0 saturated heterocycles. The number of rotatable bonds is 7. The molecule has 2 aromatic rings. The van der Waals surface area contributed by atoms with E-state index in [0.29, 0.717) is 11.6 Å². The highest BCUT2D eigenvalue weighted by molar-refractivity contribution is 7.20. The summed E-state index contributed by atoms with van der Waals surface area (Å²) in [6.45, 7) is 0. The maximum absolute atomic E-state index is 12.3. The van der Waals surface area contributed by atoms with Crippen molar-refractivity contribution in [2.24, 2.45) is 11.5 Å². The third-order valence-corrected chi connectivity index (χ3v) is 4.25. The molecule has 9 heteroatoms. The molecule has 2 amide bonds. The van der Waals surface area contributed by atoms with Crippen LogP contribution >= 0.6 is 11.3 Å². The van der Waals surface area contributed by atoms with Crippen LogP contribution in [0.4, 0.5) is 10.1 Å². The van der Waals surface area contributed by atoms with Gasteiger partial charge in [0.2, 0.25) is 5.91 Å². The predicted molar refractivity (Wildman–Crippen MR) is 93.5 cm³/mol. The third-order valence-electron chi connectivity index (χ3n) is 3.26. The Morgan fingerprint density at radius 3 is 2.54 bits per heavy atom. The van der Waals surface area contributed by atoms with Gasteiger partial charge in [0, 0.05) is 7.05 Å². The molecule has 0 aliphatic rings. The van der Waals surface area contributed by atoms with Crippen LogP contribution in [0, 0.1) is 0 Å². The quantitative estimate of drug-likeness (QED) is 0.584. The summed E-state index contributed by atoms with van der Waals surface area (Å²) >= 11 is 1.12. The van der Waals surface area contributed by atoms with E-state index in [1.807, 2.05) is 12.1 Å². The fourth-order valence-electron chi connectivity index (χ4n) is 1.99. The number of methoxy groups -OCH3 is 1. The van der Waals surface area contributed by atoms with Gasteiger partial charge in [0.1, 0.15) is 10.8 Å². The van der Waals surface area contributed by atoms with E-state index in [0.717, 1.165) is 22.6 Å². The van der Waals surface area contributed by atoms with Gasteiger partial charge in [-0.1, -0.05) is 23.5 Å². The lowest BCUT2D eigenvalue weighted by Crippen LogP contribution is -2.37. The number of nitrogens with one attached hydrogen (secondary N) is 2. The van der Waals surface area contributed by atoms with Crippen molar-refractivity contribution in [3.63, 3.8) is 0 Å². The Kier molecular flexibility index (Phi) is 5.72. The number of nitrogens with two attached hydrogens (primary N) is 2. The molecular weight excluding hydrogens is 330 g/mol. The molecule has 0 aliphatic heterocycles. The highest BCUT2D eigenvalue weighted by Crippen LogP contribution is 2.28. The van der Waals surface area contributed by atoms with Crippen molar-refractivity contribution in [1.29, 1.82) is 0 Å². The third kappa shape index (κ3) is 4.21. The number of hydrogen-bond acceptors (Lipinski definition) is 7. The summed E-state index contributed by atoms with van der Waals surface area (Å²) in [6, 6.07) is 6.50. The van der Waals surface area contributed by atoms with E-state index < -0.39 is 17.9 Å². The summed E-state index contributed by atoms with van der Waals surface area (Å²) in [7, 11) is 3.24. The van der Waals surface area contributed by atoms with Gasteiger partial charge >= 0.3 is 0 Å². The molecule has 2 rings (SSSR count). The zero-order valence-electron chi connectivity index (χ0n) is 13.3. The van der Waals surface area contributed by atoms with Crippen LogP contribution in [0.2, 0.25) is 0 Å². The Labute approximate surface area is 143 Å². The van der Waals surface area contributed by atoms with E-state index in [1.165, 1.54) is 0 Å². The Bertz CT molecular complexity index is 729. The van der Waals surface area contributed by atoms with Gasteiger partial charge in [-0.25, -0.2) is 4.98 Å². The minimum atomic E-state index is -0.778. The standard InChI is InChI=1S/C15H19N5O3S/c1-18-15-19-11(12(17)21)14(24-15)20-13(22)10(16)7-8-3-5-9(23-2)6-4-8/h3-6,10H,7,16H2,1-2H3,(H2,17,21)(H,18,19)(H,20,22)/t10-/m0/s1. The first-order chi connectivity index (χ1) is 11.4. The van der Waals surface area contributed by atoms with Crippen molar-refractivity contribution < 1.29 is 14.3 Å². The van der Waals surface area contributed by atoms with Gasteiger partial charge in [-0.05, 0) is 24.1 Å². The Hall–Kier alpha value is -2.65. The normalized spacial score (nSPS) is 11.6. The number of amides is 2. The van der Waals surface area contributed by atoms with Crippen LogP contribution in [0.1, 0.15) is 16.1 Å². The fourth-order valence-corrected chi connectivity index (χ4v) is 2.82. The molecule has 0 radical (unpaired) electrons. The zero-order valence-corrected chi connectivity index (χ0v) is 14.1. The molecule has 0 unspecified atom stereocenters. The second kappa shape index (κ2) is 7.75. The fraction of sp³-hybridized carbons (Fsp3) is 0.267. The van der Waals surface area contributed by atoms with Crippen molar-refractivity contribution in [2.45, 2.75) is 12.5 Å². The lowest BCUT2D eigenvalue weighted by molar-refractivity contribution is -0.117. The highest BCUT2D eigenvalue weighted by Gasteiger charge is 2.21. The summed E-state index contributed by atoms with van der Waals surface area (Å²) in [5.41, 5.74) is 12.1. The average molecular weight is 349 g/mol. The first-order valence-corrected chi connectivity index (χ1v) is 7.94. The highest BCUT2D eigenvalue weighted by atomic mass is 32.1. The number of nitrogens with zero attached hydrogens (tertiary/aromatic N) is 1. The van der Waals surface area contributed by atoms with Crippen molar-refractivity contribution in [3.8, 4) is 5.75 Å². The maximum atomic E-state index is 12.3. The molecular formula is C15H19N5O3S. The maximum Gasteiger partial charge on any atom is 0.270 e. The molecule has 1 aromatic heterocycles. The van der Waals surface area contributed by atoms with Crippen LogP contribution < -0.4 is 26.8 Å². The van der Waals surface area contributed by atoms with Crippen LogP contribution in [0.25, 0.3) is 0 Å². The topological polar surface area (TPSA) is 132 Å². The largest absolute Gasteiger partial charge is 0.497 e. The van der Waals surface area contributed by atoms with Crippen LogP contribution in [-0.2, 0) is 11.2 Å². The minimum absolute atomic E-state index is 0.00866. The molecule has 0 bridgehead atoms. The minimum Gasteiger partial charge on any atom is -0.497 e. The molecule has 1 atom stereocenters. The molecule has 0 aliphatic carbocycles. The Balaban J connectivity index is 2.05. The average Bonchev–Trinajstić information content (AvgIpc) is 2.98. The van der Waals surface area contributed by atoms with Gasteiger partial charge in [-0.2, -0.15) is 0 Å². The number of benzene rings is 1. The van der Waals surface area contributed by atoms with Crippen molar-refractivity contribution in [1.82, 2.24) is 4.98 Å². The lowest BCUT2D eigenvalue weighted by Gasteiger charge is -2.12. The molecule has 128 valence electrons. The number of anilines is 2. The van der Waals surface area contributed by atoms with Gasteiger partial charge in [-0.15, -0.1) is 0 Å². The van der Waals surface area contributed by atoms with Crippen molar-refractivity contribution in [3.05, 3.63) is 35.5 Å². The molecule has 0 saturated carbocycles. The second-order valence-corrected chi connectivity index (χ2v) is 5.96. The number of hydrogen-bond donors (Lipinski definition) is 4. The summed E-state index contributed by atoms with van der Waals surface area (Å²) in [6.07, 6.45) is 0.347. The van der Waals surface area contributed by atoms with Crippen molar-refractivity contribution >= 4 is 33.3 Å². The van der Waals surface area contributed by atoms with Gasteiger partial charge in [0.05, 0.1) is 13.2 Å². The van der Waals surface area contributed by atoms with Gasteiger partial charge in [0.15, 0.2) is 10.8 Å². The Morgan fingerprint density at radius 1 is 1.33 bits per heavy atom. The molecule has 6 N–H and O–H groups in total. The van der Waals surface area contributed by atoms with E-state index in [4.69, 9.17) is 16.2 Å². The first-order valence-electron chi connectivity index (χ1n) is 7.12. The van der Waals surface area contributed by atoms with Crippen molar-refractivity contribution in [2.75, 3.05) is 24.8 Å². The zero-order chi connectivity index (χ0) is 17.7. The Morgan fingerprint density at radius 2 is 2.00 bits per heavy atom.